The molecule has 1 aromatic carbocycles. The lowest BCUT2D eigenvalue weighted by Gasteiger charge is -2.23. The van der Waals surface area contributed by atoms with Crippen LogP contribution in [0.15, 0.2) is 18.2 Å². The van der Waals surface area contributed by atoms with Gasteiger partial charge in [0.15, 0.2) is 6.29 Å². The molecule has 20 heavy (non-hydrogen) atoms. The minimum Gasteiger partial charge on any atom is -0.506 e. The number of aromatic hydroxyl groups is 1. The van der Waals surface area contributed by atoms with Crippen LogP contribution in [-0.4, -0.2) is 24.6 Å². The maximum atomic E-state index is 9.39. The predicted octanol–water partition coefficient (Wildman–Crippen LogP) is 3.59. The molecule has 2 atom stereocenters. The van der Waals surface area contributed by atoms with E-state index in [0.717, 1.165) is 31.4 Å². The third-order valence-corrected chi connectivity index (χ3v) is 3.68. The van der Waals surface area contributed by atoms with E-state index in [1.165, 1.54) is 6.07 Å². The maximum absolute atomic E-state index is 9.39. The number of hydrogen-bond acceptors (Lipinski definition) is 4. The lowest BCUT2D eigenvalue weighted by Crippen LogP contribution is -2.23. The highest BCUT2D eigenvalue weighted by atomic mass is 35.5. The number of rotatable bonds is 5. The summed E-state index contributed by atoms with van der Waals surface area (Å²) in [4.78, 5) is 0. The Kier molecular flexibility index (Phi) is 5.66. The monoisotopic (exact) mass is 295 g/mol. The highest BCUT2D eigenvalue weighted by Gasteiger charge is 2.16. The molecule has 0 spiro atoms. The highest BCUT2D eigenvalue weighted by molar-refractivity contribution is 6.32. The van der Waals surface area contributed by atoms with E-state index in [1.54, 1.807) is 12.1 Å². The second kappa shape index (κ2) is 7.49. The number of nitriles is 1. The molecule has 1 aromatic rings. The molecule has 1 aliphatic rings. The SMILES string of the molecule is N#CC(CCOC1CCCCO1)c1ccc(O)c(Cl)c1. The maximum Gasteiger partial charge on any atom is 0.157 e. The zero-order valence-corrected chi connectivity index (χ0v) is 12.0. The van der Waals surface area contributed by atoms with Crippen molar-refractivity contribution in [2.45, 2.75) is 37.9 Å². The summed E-state index contributed by atoms with van der Waals surface area (Å²) in [5, 5.41) is 18.9. The van der Waals surface area contributed by atoms with Crippen LogP contribution in [0.5, 0.6) is 5.75 Å². The van der Waals surface area contributed by atoms with Gasteiger partial charge in [0.05, 0.1) is 23.6 Å². The summed E-state index contributed by atoms with van der Waals surface area (Å²) in [5.41, 5.74) is 0.795. The molecule has 1 saturated heterocycles. The van der Waals surface area contributed by atoms with E-state index in [4.69, 9.17) is 21.1 Å². The molecule has 1 aliphatic heterocycles. The van der Waals surface area contributed by atoms with Gasteiger partial charge in [0, 0.05) is 6.61 Å². The molecule has 2 rings (SSSR count). The fourth-order valence-electron chi connectivity index (χ4n) is 2.21. The summed E-state index contributed by atoms with van der Waals surface area (Å²) in [6, 6.07) is 7.09. The second-order valence-corrected chi connectivity index (χ2v) is 5.26. The molecule has 5 heteroatoms. The van der Waals surface area contributed by atoms with Gasteiger partial charge in [0.1, 0.15) is 5.75 Å². The molecule has 0 saturated carbocycles. The summed E-state index contributed by atoms with van der Waals surface area (Å²) in [5.74, 6) is -0.268. The average molecular weight is 296 g/mol. The summed E-state index contributed by atoms with van der Waals surface area (Å²) in [6.07, 6.45) is 3.58. The van der Waals surface area contributed by atoms with Crippen LogP contribution in [0, 0.1) is 11.3 Å². The molecule has 0 amide bonds. The molecule has 0 aromatic heterocycles. The number of ether oxygens (including phenoxy) is 2. The largest absolute Gasteiger partial charge is 0.506 e. The van der Waals surface area contributed by atoms with Crippen LogP contribution in [0.2, 0.25) is 5.02 Å². The molecule has 0 radical (unpaired) electrons. The van der Waals surface area contributed by atoms with Crippen molar-refractivity contribution in [1.82, 2.24) is 0 Å². The Bertz CT molecular complexity index is 480. The predicted molar refractivity (Wildman–Crippen MR) is 75.6 cm³/mol. The molecule has 108 valence electrons. The van der Waals surface area contributed by atoms with Crippen LogP contribution in [0.3, 0.4) is 0 Å². The van der Waals surface area contributed by atoms with Gasteiger partial charge >= 0.3 is 0 Å². The number of nitrogens with zero attached hydrogens (tertiary/aromatic N) is 1. The molecule has 1 N–H and O–H groups in total. The first-order valence-corrected chi connectivity index (χ1v) is 7.19. The standard InChI is InChI=1S/C15H18ClNO3/c16-13-9-11(4-5-14(13)18)12(10-17)6-8-20-15-3-1-2-7-19-15/h4-5,9,12,15,18H,1-3,6-8H2. The fraction of sp³-hybridized carbons (Fsp3) is 0.533. The van der Waals surface area contributed by atoms with Crippen molar-refractivity contribution in [2.75, 3.05) is 13.2 Å². The molecule has 1 fully saturated rings. The van der Waals surface area contributed by atoms with Gasteiger partial charge in [-0.2, -0.15) is 5.26 Å². The van der Waals surface area contributed by atoms with E-state index >= 15 is 0 Å². The van der Waals surface area contributed by atoms with Gasteiger partial charge < -0.3 is 14.6 Å². The van der Waals surface area contributed by atoms with E-state index in [0.29, 0.717) is 13.0 Å². The lowest BCUT2D eigenvalue weighted by molar-refractivity contribution is -0.162. The van der Waals surface area contributed by atoms with Crippen LogP contribution >= 0.6 is 11.6 Å². The number of phenols is 1. The average Bonchev–Trinajstić information content (AvgIpc) is 2.48. The first kappa shape index (κ1) is 15.1. The Morgan fingerprint density at radius 3 is 3.00 bits per heavy atom. The summed E-state index contributed by atoms with van der Waals surface area (Å²) in [6.45, 7) is 1.22. The topological polar surface area (TPSA) is 62.5 Å². The summed E-state index contributed by atoms with van der Waals surface area (Å²) in [7, 11) is 0. The van der Waals surface area contributed by atoms with Crippen molar-refractivity contribution in [3.8, 4) is 11.8 Å². The second-order valence-electron chi connectivity index (χ2n) is 4.85. The number of hydrogen-bond donors (Lipinski definition) is 1. The lowest BCUT2D eigenvalue weighted by atomic mass is 9.97. The van der Waals surface area contributed by atoms with Crippen molar-refractivity contribution in [2.24, 2.45) is 0 Å². The van der Waals surface area contributed by atoms with Crippen LogP contribution in [0.4, 0.5) is 0 Å². The minimum absolute atomic E-state index is 0.0268. The molecule has 0 bridgehead atoms. The Labute approximate surface area is 123 Å². The molecule has 2 unspecified atom stereocenters. The van der Waals surface area contributed by atoms with E-state index in [2.05, 4.69) is 6.07 Å². The highest BCUT2D eigenvalue weighted by Crippen LogP contribution is 2.28. The number of benzene rings is 1. The summed E-state index contributed by atoms with van der Waals surface area (Å²) >= 11 is 5.86. The van der Waals surface area contributed by atoms with Crippen molar-refractivity contribution < 1.29 is 14.6 Å². The molecule has 1 heterocycles. The van der Waals surface area contributed by atoms with E-state index in [1.807, 2.05) is 0 Å². The number of phenolic OH excluding ortho intramolecular Hbond substituents is 1. The van der Waals surface area contributed by atoms with Gasteiger partial charge in [0.2, 0.25) is 0 Å². The van der Waals surface area contributed by atoms with E-state index < -0.39 is 0 Å². The normalized spacial score (nSPS) is 20.3. The molecule has 0 aliphatic carbocycles. The minimum atomic E-state index is -0.295. The van der Waals surface area contributed by atoms with Gasteiger partial charge in [0.25, 0.3) is 0 Å². The third kappa shape index (κ3) is 4.11. The zero-order valence-electron chi connectivity index (χ0n) is 11.2. The smallest absolute Gasteiger partial charge is 0.157 e. The van der Waals surface area contributed by atoms with E-state index in [9.17, 15) is 10.4 Å². The Morgan fingerprint density at radius 1 is 1.50 bits per heavy atom. The molecular weight excluding hydrogens is 278 g/mol. The van der Waals surface area contributed by atoms with E-state index in [-0.39, 0.29) is 23.0 Å². The zero-order chi connectivity index (χ0) is 14.4. The Morgan fingerprint density at radius 2 is 2.35 bits per heavy atom. The van der Waals surface area contributed by atoms with Crippen molar-refractivity contribution in [3.63, 3.8) is 0 Å². The van der Waals surface area contributed by atoms with Gasteiger partial charge in [-0.25, -0.2) is 0 Å². The van der Waals surface area contributed by atoms with Gasteiger partial charge in [-0.15, -0.1) is 0 Å². The van der Waals surface area contributed by atoms with Gasteiger partial charge in [-0.3, -0.25) is 0 Å². The number of halogens is 1. The van der Waals surface area contributed by atoms with Crippen molar-refractivity contribution in [1.29, 1.82) is 5.26 Å². The quantitative estimate of drug-likeness (QED) is 0.902. The fourth-order valence-corrected chi connectivity index (χ4v) is 2.39. The molecule has 4 nitrogen and oxygen atoms in total. The first-order valence-electron chi connectivity index (χ1n) is 6.82. The van der Waals surface area contributed by atoms with Crippen LogP contribution in [-0.2, 0) is 9.47 Å². The summed E-state index contributed by atoms with van der Waals surface area (Å²) < 4.78 is 11.1. The molecular formula is C15H18ClNO3. The van der Waals surface area contributed by atoms with Crippen LogP contribution in [0.1, 0.15) is 37.2 Å². The van der Waals surface area contributed by atoms with Gasteiger partial charge in [-0.05, 0) is 43.4 Å². The Hall–Kier alpha value is -1.28. The van der Waals surface area contributed by atoms with Crippen molar-refractivity contribution >= 4 is 11.6 Å². The van der Waals surface area contributed by atoms with Crippen LogP contribution in [0.25, 0.3) is 0 Å². The first-order chi connectivity index (χ1) is 9.70. The van der Waals surface area contributed by atoms with Crippen LogP contribution < -0.4 is 0 Å². The Balaban J connectivity index is 1.85. The van der Waals surface area contributed by atoms with Crippen molar-refractivity contribution in [3.05, 3.63) is 28.8 Å². The van der Waals surface area contributed by atoms with Gasteiger partial charge in [-0.1, -0.05) is 17.7 Å². The third-order valence-electron chi connectivity index (χ3n) is 3.38.